The molecule has 1 N–H and O–H groups in total. The number of benzene rings is 2. The van der Waals surface area contributed by atoms with Crippen molar-refractivity contribution in [3.63, 3.8) is 0 Å². The van der Waals surface area contributed by atoms with Crippen molar-refractivity contribution in [1.29, 1.82) is 0 Å². The third-order valence-electron chi connectivity index (χ3n) is 6.68. The fourth-order valence-electron chi connectivity index (χ4n) is 5.27. The largest absolute Gasteiger partial charge is 0.513 e. The lowest BCUT2D eigenvalue weighted by molar-refractivity contribution is 0.104. The van der Waals surface area contributed by atoms with E-state index in [1.165, 1.54) is 0 Å². The summed E-state index contributed by atoms with van der Waals surface area (Å²) in [4.78, 5) is 12.6. The maximum atomic E-state index is 12.6. The highest BCUT2D eigenvalue weighted by molar-refractivity contribution is 5.90. The van der Waals surface area contributed by atoms with E-state index < -0.39 is 6.16 Å². The minimum atomic E-state index is -0.764. The molecule has 0 amide bonds. The molecule has 35 heavy (non-hydrogen) atoms. The molecule has 2 heterocycles. The van der Waals surface area contributed by atoms with Gasteiger partial charge in [0.25, 0.3) is 0 Å². The molecule has 2 aromatic carbocycles. The van der Waals surface area contributed by atoms with Crippen molar-refractivity contribution in [2.75, 3.05) is 20.8 Å². The van der Waals surface area contributed by atoms with Crippen LogP contribution in [0.15, 0.2) is 24.3 Å². The summed E-state index contributed by atoms with van der Waals surface area (Å²) in [6.45, 7) is 12.0. The molecule has 4 rings (SSSR count). The lowest BCUT2D eigenvalue weighted by Crippen LogP contribution is -2.34. The number of hydrogen-bond donors (Lipinski definition) is 1. The summed E-state index contributed by atoms with van der Waals surface area (Å²) in [5.41, 5.74) is 6.52. The average molecular weight is 480 g/mol. The molecule has 0 radical (unpaired) electrons. The van der Waals surface area contributed by atoms with Gasteiger partial charge in [0.05, 0.1) is 26.5 Å². The summed E-state index contributed by atoms with van der Waals surface area (Å²) in [5.74, 6) is 1.92. The monoisotopic (exact) mass is 479 g/mol. The van der Waals surface area contributed by atoms with Crippen molar-refractivity contribution >= 4 is 6.16 Å². The average Bonchev–Trinajstić information content (AvgIpc) is 3.09. The van der Waals surface area contributed by atoms with Crippen LogP contribution in [0.5, 0.6) is 23.0 Å². The predicted octanol–water partition coefficient (Wildman–Crippen LogP) is 6.30. The zero-order chi connectivity index (χ0) is 25.7. The minimum absolute atomic E-state index is 0.202. The fraction of sp³-hybridized carbons (Fsp3) is 0.393. The summed E-state index contributed by atoms with van der Waals surface area (Å²) in [6, 6.07) is 7.75. The lowest BCUT2D eigenvalue weighted by Gasteiger charge is -2.36. The highest BCUT2D eigenvalue weighted by Gasteiger charge is 2.39. The van der Waals surface area contributed by atoms with E-state index in [4.69, 9.17) is 18.9 Å². The van der Waals surface area contributed by atoms with Gasteiger partial charge >= 0.3 is 6.16 Å². The first-order valence-electron chi connectivity index (χ1n) is 11.7. The maximum absolute atomic E-state index is 12.6. The van der Waals surface area contributed by atoms with E-state index in [0.717, 1.165) is 51.2 Å². The van der Waals surface area contributed by atoms with Crippen molar-refractivity contribution in [2.45, 2.75) is 53.5 Å². The standard InChI is InChI=1S/C28H33NO6/c1-9-34-27(31)35-26-23(18-10-15(2)25(30)16(3)11-18)17(4)29-24(26)20-13-22(33-8)21(32-7)12-19(20)14-28(29,5)6/h10-13,30H,9,14H2,1-8H3. The molecule has 1 aliphatic rings. The number of rotatable bonds is 5. The molecule has 0 unspecified atom stereocenters. The number of carbonyl (C=O) groups is 1. The van der Waals surface area contributed by atoms with Gasteiger partial charge in [0.2, 0.25) is 0 Å². The van der Waals surface area contributed by atoms with Crippen LogP contribution in [0.3, 0.4) is 0 Å². The molecule has 0 bridgehead atoms. The van der Waals surface area contributed by atoms with Crippen LogP contribution in [0.2, 0.25) is 0 Å². The fourth-order valence-corrected chi connectivity index (χ4v) is 5.27. The number of aromatic hydroxyl groups is 1. The van der Waals surface area contributed by atoms with Crippen molar-refractivity contribution in [1.82, 2.24) is 4.57 Å². The van der Waals surface area contributed by atoms with Gasteiger partial charge in [-0.25, -0.2) is 4.79 Å². The molecule has 0 atom stereocenters. The lowest BCUT2D eigenvalue weighted by atomic mass is 9.85. The molecule has 0 saturated heterocycles. The van der Waals surface area contributed by atoms with Gasteiger partial charge in [-0.15, -0.1) is 0 Å². The number of phenols is 1. The number of hydrogen-bond acceptors (Lipinski definition) is 6. The Kier molecular flexibility index (Phi) is 6.21. The third-order valence-corrected chi connectivity index (χ3v) is 6.68. The zero-order valence-corrected chi connectivity index (χ0v) is 21.7. The summed E-state index contributed by atoms with van der Waals surface area (Å²) < 4.78 is 24.5. The Morgan fingerprint density at radius 2 is 1.63 bits per heavy atom. The van der Waals surface area contributed by atoms with E-state index in [9.17, 15) is 9.90 Å². The third kappa shape index (κ3) is 3.99. The van der Waals surface area contributed by atoms with E-state index in [-0.39, 0.29) is 17.9 Å². The van der Waals surface area contributed by atoms with Crippen molar-refractivity contribution in [3.05, 3.63) is 46.6 Å². The second-order valence-electron chi connectivity index (χ2n) is 9.57. The molecule has 7 nitrogen and oxygen atoms in total. The number of carbonyl (C=O) groups excluding carboxylic acids is 1. The Balaban J connectivity index is 2.10. The molecule has 186 valence electrons. The molecular formula is C28H33NO6. The normalized spacial score (nSPS) is 13.6. The quantitative estimate of drug-likeness (QED) is 0.433. The molecule has 0 aliphatic carbocycles. The maximum Gasteiger partial charge on any atom is 0.513 e. The number of phenolic OH excluding ortho intramolecular Hbond substituents is 1. The van der Waals surface area contributed by atoms with Crippen LogP contribution in [0.1, 0.15) is 43.2 Å². The predicted molar refractivity (Wildman–Crippen MR) is 135 cm³/mol. The minimum Gasteiger partial charge on any atom is -0.507 e. The number of nitrogens with zero attached hydrogens (tertiary/aromatic N) is 1. The van der Waals surface area contributed by atoms with Gasteiger partial charge in [-0.2, -0.15) is 0 Å². The summed E-state index contributed by atoms with van der Waals surface area (Å²) in [7, 11) is 3.22. The van der Waals surface area contributed by atoms with Gasteiger partial charge in [-0.1, -0.05) is 0 Å². The van der Waals surface area contributed by atoms with E-state index in [1.807, 2.05) is 45.0 Å². The van der Waals surface area contributed by atoms with Gasteiger partial charge < -0.3 is 28.6 Å². The van der Waals surface area contributed by atoms with Gasteiger partial charge in [-0.05, 0) is 94.5 Å². The van der Waals surface area contributed by atoms with Crippen LogP contribution >= 0.6 is 0 Å². The molecule has 1 aromatic heterocycles. The van der Waals surface area contributed by atoms with Crippen LogP contribution in [0.25, 0.3) is 22.4 Å². The zero-order valence-electron chi connectivity index (χ0n) is 21.7. The van der Waals surface area contributed by atoms with Crippen molar-refractivity contribution < 1.29 is 28.8 Å². The number of ether oxygens (including phenoxy) is 4. The number of fused-ring (bicyclic) bond motifs is 3. The van der Waals surface area contributed by atoms with E-state index in [2.05, 4.69) is 18.4 Å². The Morgan fingerprint density at radius 3 is 2.20 bits per heavy atom. The smallest absolute Gasteiger partial charge is 0.507 e. The topological polar surface area (TPSA) is 79.2 Å². The second-order valence-corrected chi connectivity index (χ2v) is 9.57. The molecule has 3 aromatic rings. The first-order chi connectivity index (χ1) is 16.5. The molecule has 0 saturated carbocycles. The number of methoxy groups -OCH3 is 2. The summed E-state index contributed by atoms with van der Waals surface area (Å²) in [5, 5.41) is 10.4. The number of aromatic nitrogens is 1. The van der Waals surface area contributed by atoms with Crippen molar-refractivity contribution in [3.8, 4) is 45.4 Å². The van der Waals surface area contributed by atoms with Crippen LogP contribution in [-0.2, 0) is 16.7 Å². The SMILES string of the molecule is CCOC(=O)Oc1c(-c2cc(C)c(O)c(C)c2)c(C)n2c1-c1cc(OC)c(OC)cc1CC2(C)C. The first kappa shape index (κ1) is 24.5. The van der Waals surface area contributed by atoms with Gasteiger partial charge in [0, 0.05) is 22.4 Å². The molecule has 0 fully saturated rings. The Bertz CT molecular complexity index is 1290. The summed E-state index contributed by atoms with van der Waals surface area (Å²) in [6.07, 6.45) is -0.0169. The Morgan fingerprint density at radius 1 is 1.03 bits per heavy atom. The Hall–Kier alpha value is -3.61. The van der Waals surface area contributed by atoms with Crippen LogP contribution in [0, 0.1) is 20.8 Å². The van der Waals surface area contributed by atoms with Gasteiger partial charge in [0.1, 0.15) is 5.75 Å². The molecule has 0 spiro atoms. The van der Waals surface area contributed by atoms with Gasteiger partial charge in [-0.3, -0.25) is 0 Å². The van der Waals surface area contributed by atoms with Crippen LogP contribution < -0.4 is 14.2 Å². The van der Waals surface area contributed by atoms with Crippen LogP contribution in [-0.4, -0.2) is 36.7 Å². The Labute approximate surface area is 206 Å². The van der Waals surface area contributed by atoms with E-state index >= 15 is 0 Å². The van der Waals surface area contributed by atoms with Crippen LogP contribution in [0.4, 0.5) is 4.79 Å². The van der Waals surface area contributed by atoms with Crippen molar-refractivity contribution in [2.24, 2.45) is 0 Å². The highest BCUT2D eigenvalue weighted by atomic mass is 16.7. The first-order valence-corrected chi connectivity index (χ1v) is 11.7. The molecular weight excluding hydrogens is 446 g/mol. The number of aryl methyl sites for hydroxylation is 2. The molecule has 1 aliphatic heterocycles. The highest BCUT2D eigenvalue weighted by Crippen LogP contribution is 2.53. The molecule has 7 heteroatoms. The van der Waals surface area contributed by atoms with E-state index in [0.29, 0.717) is 17.2 Å². The second kappa shape index (κ2) is 8.87. The summed E-state index contributed by atoms with van der Waals surface area (Å²) >= 11 is 0. The van der Waals surface area contributed by atoms with E-state index in [1.54, 1.807) is 21.1 Å². The van der Waals surface area contributed by atoms with Gasteiger partial charge in [0.15, 0.2) is 17.2 Å².